The molecule has 0 spiro atoms. The van der Waals surface area contributed by atoms with Crippen LogP contribution in [0.1, 0.15) is 17.2 Å². The lowest BCUT2D eigenvalue weighted by Crippen LogP contribution is -2.02. The van der Waals surface area contributed by atoms with Crippen LogP contribution in [0.5, 0.6) is 0 Å². The molecule has 0 aromatic heterocycles. The Kier molecular flexibility index (Phi) is 3.82. The van der Waals surface area contributed by atoms with Crippen LogP contribution in [0.4, 0.5) is 5.69 Å². The van der Waals surface area contributed by atoms with Gasteiger partial charge in [-0.25, -0.2) is 0 Å². The number of azide groups is 1. The van der Waals surface area contributed by atoms with Crippen molar-refractivity contribution in [2.45, 2.75) is 13.0 Å². The summed E-state index contributed by atoms with van der Waals surface area (Å²) in [5.41, 5.74) is 8.91. The molecule has 0 unspecified atom stereocenters. The summed E-state index contributed by atoms with van der Waals surface area (Å²) in [6, 6.07) is 4.40. The second-order valence-corrected chi connectivity index (χ2v) is 3.23. The maximum Gasteiger partial charge on any atom is 0.272 e. The van der Waals surface area contributed by atoms with Gasteiger partial charge in [0.25, 0.3) is 5.69 Å². The predicted octanol–water partition coefficient (Wildman–Crippen LogP) is 2.25. The van der Waals surface area contributed by atoms with Crippen LogP contribution < -0.4 is 0 Å². The number of nitro benzene ring substituents is 1. The number of nitrogens with zero attached hydrogens (tertiary/aromatic N) is 4. The Morgan fingerprint density at radius 3 is 2.94 bits per heavy atom. The van der Waals surface area contributed by atoms with E-state index in [1.807, 2.05) is 0 Å². The van der Waals surface area contributed by atoms with Crippen LogP contribution >= 0.6 is 0 Å². The summed E-state index contributed by atoms with van der Waals surface area (Å²) in [5, 5.41) is 23.4. The molecule has 0 amide bonds. The van der Waals surface area contributed by atoms with Crippen molar-refractivity contribution >= 4 is 5.69 Å². The molecule has 1 aromatic rings. The van der Waals surface area contributed by atoms with Gasteiger partial charge in [-0.05, 0) is 18.0 Å². The molecule has 84 valence electrons. The number of benzene rings is 1. The van der Waals surface area contributed by atoms with E-state index in [-0.39, 0.29) is 12.2 Å². The summed E-state index contributed by atoms with van der Waals surface area (Å²) < 4.78 is 0. The SMILES string of the molecule is Cc1ccc([C@H](O)CN=[N+]=[N-])cc1[N+](=O)[O-]. The van der Waals surface area contributed by atoms with E-state index in [9.17, 15) is 15.2 Å². The highest BCUT2D eigenvalue weighted by atomic mass is 16.6. The molecule has 7 heteroatoms. The van der Waals surface area contributed by atoms with Crippen molar-refractivity contribution in [2.75, 3.05) is 6.54 Å². The largest absolute Gasteiger partial charge is 0.388 e. The van der Waals surface area contributed by atoms with Gasteiger partial charge in [0.05, 0.1) is 17.6 Å². The average molecular weight is 222 g/mol. The Hall–Kier alpha value is -2.11. The minimum atomic E-state index is -1.02. The lowest BCUT2D eigenvalue weighted by molar-refractivity contribution is -0.385. The molecule has 1 aromatic carbocycles. The minimum absolute atomic E-state index is 0.0579. The zero-order valence-corrected chi connectivity index (χ0v) is 8.57. The quantitative estimate of drug-likeness (QED) is 0.277. The third-order valence-electron chi connectivity index (χ3n) is 2.13. The minimum Gasteiger partial charge on any atom is -0.388 e. The summed E-state index contributed by atoms with van der Waals surface area (Å²) in [6.45, 7) is 1.47. The Morgan fingerprint density at radius 1 is 1.69 bits per heavy atom. The fourth-order valence-corrected chi connectivity index (χ4v) is 1.25. The van der Waals surface area contributed by atoms with E-state index in [4.69, 9.17) is 5.53 Å². The molecule has 0 fully saturated rings. The molecule has 7 nitrogen and oxygen atoms in total. The lowest BCUT2D eigenvalue weighted by Gasteiger charge is -2.08. The van der Waals surface area contributed by atoms with Gasteiger partial charge in [0.1, 0.15) is 0 Å². The molecule has 0 bridgehead atoms. The van der Waals surface area contributed by atoms with Gasteiger partial charge in [0.2, 0.25) is 0 Å². The fourth-order valence-electron chi connectivity index (χ4n) is 1.25. The highest BCUT2D eigenvalue weighted by Crippen LogP contribution is 2.23. The number of aliphatic hydroxyl groups is 1. The molecule has 1 atom stereocenters. The lowest BCUT2D eigenvalue weighted by atomic mass is 10.1. The smallest absolute Gasteiger partial charge is 0.272 e. The van der Waals surface area contributed by atoms with Crippen LogP contribution in [0, 0.1) is 17.0 Å². The second-order valence-electron chi connectivity index (χ2n) is 3.23. The molecule has 0 aliphatic carbocycles. The fraction of sp³-hybridized carbons (Fsp3) is 0.333. The highest BCUT2D eigenvalue weighted by Gasteiger charge is 2.14. The Labute approximate surface area is 91.1 Å². The summed E-state index contributed by atoms with van der Waals surface area (Å²) in [4.78, 5) is 12.6. The topological polar surface area (TPSA) is 112 Å². The maximum atomic E-state index is 10.7. The molecule has 0 aliphatic rings. The van der Waals surface area contributed by atoms with Gasteiger partial charge in [-0.15, -0.1) is 0 Å². The molecule has 16 heavy (non-hydrogen) atoms. The zero-order chi connectivity index (χ0) is 12.1. The summed E-state index contributed by atoms with van der Waals surface area (Å²) >= 11 is 0. The Morgan fingerprint density at radius 2 is 2.38 bits per heavy atom. The van der Waals surface area contributed by atoms with Gasteiger partial charge in [0, 0.05) is 16.5 Å². The number of nitro groups is 1. The molecular formula is C9H10N4O3. The molecular weight excluding hydrogens is 212 g/mol. The van der Waals surface area contributed by atoms with Crippen LogP contribution in [0.15, 0.2) is 23.3 Å². The van der Waals surface area contributed by atoms with Crippen LogP contribution in [0.25, 0.3) is 10.4 Å². The van der Waals surface area contributed by atoms with Gasteiger partial charge in [-0.2, -0.15) is 0 Å². The second kappa shape index (κ2) is 5.11. The molecule has 0 saturated carbocycles. The van der Waals surface area contributed by atoms with E-state index in [2.05, 4.69) is 10.0 Å². The molecule has 0 aliphatic heterocycles. The number of rotatable bonds is 4. The van der Waals surface area contributed by atoms with Gasteiger partial charge in [-0.3, -0.25) is 10.1 Å². The van der Waals surface area contributed by atoms with Crippen molar-refractivity contribution in [3.63, 3.8) is 0 Å². The zero-order valence-electron chi connectivity index (χ0n) is 8.57. The van der Waals surface area contributed by atoms with Crippen molar-refractivity contribution in [2.24, 2.45) is 5.11 Å². The van der Waals surface area contributed by atoms with E-state index in [1.165, 1.54) is 6.07 Å². The van der Waals surface area contributed by atoms with E-state index >= 15 is 0 Å². The molecule has 0 radical (unpaired) electrons. The van der Waals surface area contributed by atoms with Crippen LogP contribution in [-0.2, 0) is 0 Å². The van der Waals surface area contributed by atoms with Gasteiger partial charge in [-0.1, -0.05) is 17.2 Å². The molecule has 1 rings (SSSR count). The monoisotopic (exact) mass is 222 g/mol. The molecule has 1 N–H and O–H groups in total. The Bertz CT molecular complexity index is 454. The first-order valence-corrected chi connectivity index (χ1v) is 4.50. The van der Waals surface area contributed by atoms with E-state index < -0.39 is 11.0 Å². The van der Waals surface area contributed by atoms with Crippen molar-refractivity contribution < 1.29 is 10.0 Å². The van der Waals surface area contributed by atoms with Crippen LogP contribution in [-0.4, -0.2) is 16.6 Å². The average Bonchev–Trinajstić information content (AvgIpc) is 2.26. The number of aliphatic hydroxyl groups excluding tert-OH is 1. The standard InChI is InChI=1S/C9H10N4O3/c1-6-2-3-7(4-8(6)13(15)16)9(14)5-11-12-10/h2-4,9,14H,5H2,1H3/t9-/m1/s1. The predicted molar refractivity (Wildman–Crippen MR) is 56.8 cm³/mol. The molecule has 0 heterocycles. The van der Waals surface area contributed by atoms with Crippen molar-refractivity contribution in [1.82, 2.24) is 0 Å². The normalized spacial score (nSPS) is 11.6. The summed E-state index contributed by atoms with van der Waals surface area (Å²) in [5.74, 6) is 0. The third kappa shape index (κ3) is 2.69. The third-order valence-corrected chi connectivity index (χ3v) is 2.13. The van der Waals surface area contributed by atoms with Gasteiger partial charge in [0.15, 0.2) is 0 Å². The van der Waals surface area contributed by atoms with Crippen molar-refractivity contribution in [1.29, 1.82) is 0 Å². The number of hydrogen-bond acceptors (Lipinski definition) is 4. The van der Waals surface area contributed by atoms with Crippen molar-refractivity contribution in [3.8, 4) is 0 Å². The molecule has 0 saturated heterocycles. The van der Waals surface area contributed by atoms with E-state index in [0.717, 1.165) is 0 Å². The first-order valence-electron chi connectivity index (χ1n) is 4.50. The number of hydrogen-bond donors (Lipinski definition) is 1. The van der Waals surface area contributed by atoms with E-state index in [1.54, 1.807) is 19.1 Å². The van der Waals surface area contributed by atoms with Crippen LogP contribution in [0.2, 0.25) is 0 Å². The van der Waals surface area contributed by atoms with Gasteiger partial charge < -0.3 is 5.11 Å². The summed E-state index contributed by atoms with van der Waals surface area (Å²) in [6.07, 6.45) is -1.02. The first-order chi connectivity index (χ1) is 7.56. The van der Waals surface area contributed by atoms with Crippen LogP contribution in [0.3, 0.4) is 0 Å². The highest BCUT2D eigenvalue weighted by molar-refractivity contribution is 5.43. The number of aryl methyl sites for hydroxylation is 1. The van der Waals surface area contributed by atoms with E-state index in [0.29, 0.717) is 11.1 Å². The summed E-state index contributed by atoms with van der Waals surface area (Å²) in [7, 11) is 0. The van der Waals surface area contributed by atoms with Crippen molar-refractivity contribution in [3.05, 3.63) is 49.9 Å². The Balaban J connectivity index is 3.02. The maximum absolute atomic E-state index is 10.7. The van der Waals surface area contributed by atoms with Gasteiger partial charge >= 0.3 is 0 Å². The first kappa shape index (κ1) is 12.0.